The Morgan fingerprint density at radius 2 is 1.89 bits per heavy atom. The van der Waals surface area contributed by atoms with Gasteiger partial charge in [0.2, 0.25) is 11.7 Å². The predicted molar refractivity (Wildman–Crippen MR) is 72.0 cm³/mol. The normalized spacial score (nSPS) is 10.7. The number of benzene rings is 1. The fraction of sp³-hybridized carbons (Fsp3) is 0. The van der Waals surface area contributed by atoms with Crippen LogP contribution in [0, 0.1) is 5.82 Å². The number of hydrogen-bond acceptors (Lipinski definition) is 3. The summed E-state index contributed by atoms with van der Waals surface area (Å²) in [6, 6.07) is 2.79. The summed E-state index contributed by atoms with van der Waals surface area (Å²) in [5.41, 5.74) is -2.42. The molecule has 0 bridgehead atoms. The van der Waals surface area contributed by atoms with Crippen LogP contribution in [0.5, 0.6) is 5.88 Å². The number of hydrogen-bond donors (Lipinski definition) is 2. The lowest BCUT2D eigenvalue weighted by Gasteiger charge is -2.11. The zero-order valence-corrected chi connectivity index (χ0v) is 12.0. The lowest BCUT2D eigenvalue weighted by atomic mass is 10.3. The van der Waals surface area contributed by atoms with Gasteiger partial charge in [-0.05, 0) is 28.1 Å². The number of aromatic amines is 1. The molecule has 1 aromatic carbocycles. The van der Waals surface area contributed by atoms with Crippen LogP contribution in [-0.4, -0.2) is 14.7 Å². The van der Waals surface area contributed by atoms with Crippen LogP contribution in [0.4, 0.5) is 4.39 Å². The molecule has 0 spiro atoms. The van der Waals surface area contributed by atoms with Gasteiger partial charge >= 0.3 is 5.69 Å². The summed E-state index contributed by atoms with van der Waals surface area (Å²) in [6.45, 7) is 0. The first kappa shape index (κ1) is 14.1. The van der Waals surface area contributed by atoms with Crippen molar-refractivity contribution >= 4 is 39.1 Å². The van der Waals surface area contributed by atoms with Gasteiger partial charge in [-0.3, -0.25) is 9.78 Å². The molecular weight excluding hydrogens is 366 g/mol. The molecule has 0 aliphatic carbocycles. The molecule has 0 aliphatic heterocycles. The molecule has 0 fully saturated rings. The molecule has 2 aromatic rings. The van der Waals surface area contributed by atoms with Gasteiger partial charge in [0, 0.05) is 4.47 Å². The smallest absolute Gasteiger partial charge is 0.335 e. The predicted octanol–water partition coefficient (Wildman–Crippen LogP) is 2.44. The zero-order chi connectivity index (χ0) is 14.3. The number of halogens is 4. The highest BCUT2D eigenvalue weighted by Gasteiger charge is 2.19. The third-order valence-corrected chi connectivity index (χ3v) is 4.05. The van der Waals surface area contributed by atoms with Gasteiger partial charge in [-0.25, -0.2) is 9.36 Å². The van der Waals surface area contributed by atoms with Crippen molar-refractivity contribution in [2.45, 2.75) is 0 Å². The second-order valence-corrected chi connectivity index (χ2v) is 5.04. The van der Waals surface area contributed by atoms with Crippen molar-refractivity contribution in [3.63, 3.8) is 0 Å². The minimum Gasteiger partial charge on any atom is -0.492 e. The minimum absolute atomic E-state index is 0.0625. The number of aromatic hydroxyl groups is 1. The number of aromatic nitrogens is 2. The Kier molecular flexibility index (Phi) is 3.71. The fourth-order valence-corrected chi connectivity index (χ4v) is 2.27. The maximum atomic E-state index is 13.3. The highest BCUT2D eigenvalue weighted by Crippen LogP contribution is 2.35. The molecule has 0 atom stereocenters. The molecule has 1 heterocycles. The van der Waals surface area contributed by atoms with E-state index in [0.717, 1.165) is 0 Å². The first-order valence-corrected chi connectivity index (χ1v) is 6.27. The molecule has 100 valence electrons. The average Bonchev–Trinajstić information content (AvgIpc) is 2.36. The van der Waals surface area contributed by atoms with Gasteiger partial charge in [0.15, 0.2) is 0 Å². The molecule has 2 N–H and O–H groups in total. The topological polar surface area (TPSA) is 75.1 Å². The molecule has 9 heteroatoms. The van der Waals surface area contributed by atoms with E-state index in [2.05, 4.69) is 15.9 Å². The van der Waals surface area contributed by atoms with E-state index in [1.807, 2.05) is 0 Å². The molecule has 0 saturated heterocycles. The first-order valence-electron chi connectivity index (χ1n) is 4.72. The second-order valence-electron chi connectivity index (χ2n) is 3.43. The Labute approximate surface area is 123 Å². The van der Waals surface area contributed by atoms with Crippen molar-refractivity contribution < 1.29 is 9.50 Å². The standard InChI is InChI=1S/C10H4BrCl2FN2O3/c11-3-1-2-4(6(13)5(3)12)16-9(18)7(14)8(17)15-10(16)19/h1-2,18H,(H,15,17,19). The van der Waals surface area contributed by atoms with Gasteiger partial charge in [0.05, 0.1) is 15.7 Å². The molecular formula is C10H4BrCl2FN2O3. The molecule has 2 rings (SSSR count). The third kappa shape index (κ3) is 2.29. The second kappa shape index (κ2) is 4.99. The summed E-state index contributed by atoms with van der Waals surface area (Å²) in [4.78, 5) is 24.3. The SMILES string of the molecule is O=c1[nH]c(=O)n(-c2ccc(Br)c(Cl)c2Cl)c(O)c1F. The summed E-state index contributed by atoms with van der Waals surface area (Å²) < 4.78 is 14.3. The Morgan fingerprint density at radius 3 is 2.53 bits per heavy atom. The van der Waals surface area contributed by atoms with Crippen molar-refractivity contribution in [1.82, 2.24) is 9.55 Å². The Morgan fingerprint density at radius 1 is 1.26 bits per heavy atom. The Balaban J connectivity index is 2.88. The molecule has 0 unspecified atom stereocenters. The lowest BCUT2D eigenvalue weighted by Crippen LogP contribution is -2.31. The first-order chi connectivity index (χ1) is 8.84. The van der Waals surface area contributed by atoms with Crippen LogP contribution < -0.4 is 11.2 Å². The van der Waals surface area contributed by atoms with Crippen LogP contribution in [0.1, 0.15) is 0 Å². The fourth-order valence-electron chi connectivity index (χ4n) is 1.42. The average molecular weight is 370 g/mol. The van der Waals surface area contributed by atoms with Crippen LogP contribution in [0.25, 0.3) is 5.69 Å². The maximum absolute atomic E-state index is 13.3. The van der Waals surface area contributed by atoms with E-state index in [-0.39, 0.29) is 15.7 Å². The Bertz CT molecular complexity index is 788. The van der Waals surface area contributed by atoms with Crippen LogP contribution in [0.2, 0.25) is 10.0 Å². The van der Waals surface area contributed by atoms with Gasteiger partial charge in [-0.1, -0.05) is 23.2 Å². The number of nitrogens with one attached hydrogen (secondary N) is 1. The Hall–Kier alpha value is -1.31. The summed E-state index contributed by atoms with van der Waals surface area (Å²) in [5, 5.41) is 9.55. The molecule has 19 heavy (non-hydrogen) atoms. The van der Waals surface area contributed by atoms with Crippen molar-refractivity contribution in [3.05, 3.63) is 53.3 Å². The largest absolute Gasteiger partial charge is 0.492 e. The quantitative estimate of drug-likeness (QED) is 0.758. The van der Waals surface area contributed by atoms with E-state index in [1.165, 1.54) is 12.1 Å². The van der Waals surface area contributed by atoms with Crippen LogP contribution >= 0.6 is 39.1 Å². The molecule has 0 saturated carbocycles. The van der Waals surface area contributed by atoms with E-state index in [0.29, 0.717) is 9.04 Å². The summed E-state index contributed by atoms with van der Waals surface area (Å²) in [7, 11) is 0. The molecule has 0 radical (unpaired) electrons. The molecule has 1 aromatic heterocycles. The highest BCUT2D eigenvalue weighted by molar-refractivity contribution is 9.10. The molecule has 0 amide bonds. The van der Waals surface area contributed by atoms with Crippen molar-refractivity contribution in [1.29, 1.82) is 0 Å². The lowest BCUT2D eigenvalue weighted by molar-refractivity contribution is 0.386. The summed E-state index contributed by atoms with van der Waals surface area (Å²) in [6.07, 6.45) is 0. The van der Waals surface area contributed by atoms with Gasteiger partial charge in [0.25, 0.3) is 5.56 Å². The summed E-state index contributed by atoms with van der Waals surface area (Å²) in [5.74, 6) is -2.64. The van der Waals surface area contributed by atoms with Gasteiger partial charge in [0.1, 0.15) is 0 Å². The van der Waals surface area contributed by atoms with Crippen molar-refractivity contribution in [2.24, 2.45) is 0 Å². The van der Waals surface area contributed by atoms with E-state index < -0.39 is 22.9 Å². The highest BCUT2D eigenvalue weighted by atomic mass is 79.9. The van der Waals surface area contributed by atoms with E-state index in [1.54, 1.807) is 4.98 Å². The molecule has 5 nitrogen and oxygen atoms in total. The third-order valence-electron chi connectivity index (χ3n) is 2.29. The molecule has 0 aliphatic rings. The van der Waals surface area contributed by atoms with Crippen LogP contribution in [0.3, 0.4) is 0 Å². The van der Waals surface area contributed by atoms with Gasteiger partial charge < -0.3 is 5.11 Å². The van der Waals surface area contributed by atoms with E-state index in [9.17, 15) is 19.1 Å². The monoisotopic (exact) mass is 368 g/mol. The van der Waals surface area contributed by atoms with E-state index in [4.69, 9.17) is 23.2 Å². The van der Waals surface area contributed by atoms with Crippen molar-refractivity contribution in [2.75, 3.05) is 0 Å². The zero-order valence-electron chi connectivity index (χ0n) is 8.88. The van der Waals surface area contributed by atoms with Crippen molar-refractivity contribution in [3.8, 4) is 11.6 Å². The van der Waals surface area contributed by atoms with Crippen LogP contribution in [0.15, 0.2) is 26.2 Å². The van der Waals surface area contributed by atoms with E-state index >= 15 is 0 Å². The summed E-state index contributed by atoms with van der Waals surface area (Å²) >= 11 is 14.9. The van der Waals surface area contributed by atoms with Crippen LogP contribution in [-0.2, 0) is 0 Å². The minimum atomic E-state index is -1.49. The van der Waals surface area contributed by atoms with Gasteiger partial charge in [-0.2, -0.15) is 4.39 Å². The number of rotatable bonds is 1. The number of nitrogens with zero attached hydrogens (tertiary/aromatic N) is 1. The number of H-pyrrole nitrogens is 1. The maximum Gasteiger partial charge on any atom is 0.335 e. The van der Waals surface area contributed by atoms with Gasteiger partial charge in [-0.15, -0.1) is 0 Å².